The average Bonchev–Trinajstić information content (AvgIpc) is 2.80. The molecule has 0 radical (unpaired) electrons. The summed E-state index contributed by atoms with van der Waals surface area (Å²) in [4.78, 5) is 18.4. The molecule has 0 aliphatic carbocycles. The van der Waals surface area contributed by atoms with Gasteiger partial charge in [0.05, 0.1) is 12.1 Å². The van der Waals surface area contributed by atoms with Gasteiger partial charge in [0, 0.05) is 17.6 Å². The van der Waals surface area contributed by atoms with Gasteiger partial charge in [0.15, 0.2) is 5.13 Å². The quantitative estimate of drug-likeness (QED) is 0.873. The van der Waals surface area contributed by atoms with E-state index in [1.807, 2.05) is 43.5 Å². The van der Waals surface area contributed by atoms with E-state index in [0.29, 0.717) is 18.7 Å². The molecule has 0 saturated carbocycles. The number of nitrogen functional groups attached to an aromatic ring is 1. The Morgan fingerprint density at radius 1 is 1.37 bits per heavy atom. The van der Waals surface area contributed by atoms with Crippen molar-refractivity contribution in [1.29, 1.82) is 0 Å². The molecule has 2 N–H and O–H groups in total. The molecule has 100 valence electrons. The highest BCUT2D eigenvalue weighted by Gasteiger charge is 2.17. The Kier molecular flexibility index (Phi) is 4.16. The van der Waals surface area contributed by atoms with Gasteiger partial charge in [-0.2, -0.15) is 0 Å². The number of aryl methyl sites for hydroxylation is 1. The second kappa shape index (κ2) is 5.84. The van der Waals surface area contributed by atoms with Gasteiger partial charge >= 0.3 is 0 Å². The number of carbonyl (C=O) groups is 1. The van der Waals surface area contributed by atoms with Crippen molar-refractivity contribution >= 4 is 28.1 Å². The van der Waals surface area contributed by atoms with Crippen molar-refractivity contribution in [2.75, 3.05) is 17.2 Å². The summed E-state index contributed by atoms with van der Waals surface area (Å²) in [5, 5.41) is 2.72. The summed E-state index contributed by atoms with van der Waals surface area (Å²) >= 11 is 1.50. The highest BCUT2D eigenvalue weighted by atomic mass is 32.1. The number of aromatic nitrogens is 1. The number of benzene rings is 1. The van der Waals surface area contributed by atoms with E-state index in [0.717, 1.165) is 16.4 Å². The van der Waals surface area contributed by atoms with Crippen LogP contribution in [0, 0.1) is 6.92 Å². The number of thiazole rings is 1. The Morgan fingerprint density at radius 3 is 2.58 bits per heavy atom. The molecular formula is C14H17N3OS. The number of nitrogens with two attached hydrogens (primary N) is 1. The minimum Gasteiger partial charge on any atom is -0.399 e. The zero-order valence-electron chi connectivity index (χ0n) is 11.1. The molecule has 1 heterocycles. The van der Waals surface area contributed by atoms with E-state index in [4.69, 9.17) is 5.73 Å². The number of amides is 1. The average molecular weight is 275 g/mol. The van der Waals surface area contributed by atoms with Crippen molar-refractivity contribution < 1.29 is 4.79 Å². The SMILES string of the molecule is CCN(C(=O)Cc1ccc(N)cc1)c1nc(C)cs1. The molecule has 0 bridgehead atoms. The Morgan fingerprint density at radius 2 is 2.05 bits per heavy atom. The molecule has 2 rings (SSSR count). The number of hydrogen-bond donors (Lipinski definition) is 1. The molecule has 2 aromatic rings. The van der Waals surface area contributed by atoms with Gasteiger partial charge in [-0.3, -0.25) is 9.69 Å². The monoisotopic (exact) mass is 275 g/mol. The maximum atomic E-state index is 12.3. The van der Waals surface area contributed by atoms with Gasteiger partial charge in [-0.1, -0.05) is 12.1 Å². The van der Waals surface area contributed by atoms with Crippen LogP contribution in [0.1, 0.15) is 18.2 Å². The van der Waals surface area contributed by atoms with Crippen LogP contribution in [-0.2, 0) is 11.2 Å². The molecule has 0 spiro atoms. The largest absolute Gasteiger partial charge is 0.399 e. The summed E-state index contributed by atoms with van der Waals surface area (Å²) in [6.07, 6.45) is 0.368. The summed E-state index contributed by atoms with van der Waals surface area (Å²) in [5.41, 5.74) is 8.25. The third-order valence-electron chi connectivity index (χ3n) is 2.79. The first-order valence-electron chi connectivity index (χ1n) is 6.17. The lowest BCUT2D eigenvalue weighted by Crippen LogP contribution is -2.31. The van der Waals surface area contributed by atoms with Crippen molar-refractivity contribution in [1.82, 2.24) is 4.98 Å². The molecule has 0 saturated heterocycles. The summed E-state index contributed by atoms with van der Waals surface area (Å²) in [6.45, 7) is 4.51. The second-order valence-electron chi connectivity index (χ2n) is 4.33. The van der Waals surface area contributed by atoms with Gasteiger partial charge in [-0.05, 0) is 31.5 Å². The molecule has 5 heteroatoms. The Hall–Kier alpha value is -1.88. The van der Waals surface area contributed by atoms with E-state index in [2.05, 4.69) is 4.98 Å². The molecule has 0 atom stereocenters. The van der Waals surface area contributed by atoms with Crippen molar-refractivity contribution in [3.63, 3.8) is 0 Å². The first-order valence-corrected chi connectivity index (χ1v) is 7.05. The van der Waals surface area contributed by atoms with Crippen molar-refractivity contribution in [2.24, 2.45) is 0 Å². The third-order valence-corrected chi connectivity index (χ3v) is 3.77. The molecule has 4 nitrogen and oxygen atoms in total. The molecule has 0 aliphatic heterocycles. The molecule has 1 aromatic carbocycles. The summed E-state index contributed by atoms with van der Waals surface area (Å²) < 4.78 is 0. The second-order valence-corrected chi connectivity index (χ2v) is 5.16. The molecule has 0 unspecified atom stereocenters. The van der Waals surface area contributed by atoms with Crippen molar-refractivity contribution in [3.05, 3.63) is 40.9 Å². The third kappa shape index (κ3) is 3.32. The number of carbonyl (C=O) groups excluding carboxylic acids is 1. The highest BCUT2D eigenvalue weighted by molar-refractivity contribution is 7.14. The van der Waals surface area contributed by atoms with Crippen LogP contribution in [0.15, 0.2) is 29.6 Å². The van der Waals surface area contributed by atoms with Crippen molar-refractivity contribution in [3.8, 4) is 0 Å². The van der Waals surface area contributed by atoms with E-state index in [1.54, 1.807) is 4.90 Å². The predicted octanol–water partition coefficient (Wildman–Crippen LogP) is 2.63. The summed E-state index contributed by atoms with van der Waals surface area (Å²) in [6, 6.07) is 7.39. The Balaban J connectivity index is 2.11. The zero-order chi connectivity index (χ0) is 13.8. The molecule has 1 amide bonds. The predicted molar refractivity (Wildman–Crippen MR) is 79.4 cm³/mol. The van der Waals surface area contributed by atoms with E-state index in [9.17, 15) is 4.79 Å². The van der Waals surface area contributed by atoms with Crippen LogP contribution in [0.4, 0.5) is 10.8 Å². The van der Waals surface area contributed by atoms with Gasteiger partial charge in [0.25, 0.3) is 0 Å². The fourth-order valence-corrected chi connectivity index (χ4v) is 2.67. The molecule has 0 fully saturated rings. The lowest BCUT2D eigenvalue weighted by atomic mass is 10.1. The van der Waals surface area contributed by atoms with Gasteiger partial charge < -0.3 is 5.73 Å². The van der Waals surface area contributed by atoms with Crippen LogP contribution in [0.3, 0.4) is 0 Å². The topological polar surface area (TPSA) is 59.2 Å². The maximum Gasteiger partial charge on any atom is 0.233 e. The lowest BCUT2D eigenvalue weighted by Gasteiger charge is -2.17. The van der Waals surface area contributed by atoms with Crippen LogP contribution in [-0.4, -0.2) is 17.4 Å². The molecule has 19 heavy (non-hydrogen) atoms. The van der Waals surface area contributed by atoms with Gasteiger partial charge in [-0.15, -0.1) is 11.3 Å². The van der Waals surface area contributed by atoms with Crippen LogP contribution < -0.4 is 10.6 Å². The minimum atomic E-state index is 0.0571. The normalized spacial score (nSPS) is 10.4. The van der Waals surface area contributed by atoms with E-state index in [-0.39, 0.29) is 5.91 Å². The highest BCUT2D eigenvalue weighted by Crippen LogP contribution is 2.21. The van der Waals surface area contributed by atoms with Crippen LogP contribution in [0.2, 0.25) is 0 Å². The first kappa shape index (κ1) is 13.5. The smallest absolute Gasteiger partial charge is 0.233 e. The summed E-state index contributed by atoms with van der Waals surface area (Å²) in [7, 11) is 0. The fourth-order valence-electron chi connectivity index (χ4n) is 1.79. The van der Waals surface area contributed by atoms with Crippen LogP contribution >= 0.6 is 11.3 Å². The standard InChI is InChI=1S/C14H17N3OS/c1-3-17(14-16-10(2)9-19-14)13(18)8-11-4-6-12(15)7-5-11/h4-7,9H,3,8,15H2,1-2H3. The molecule has 1 aromatic heterocycles. The number of likely N-dealkylation sites (N-methyl/N-ethyl adjacent to an activating group) is 1. The number of nitrogens with zero attached hydrogens (tertiary/aromatic N) is 2. The number of rotatable bonds is 4. The molecular weight excluding hydrogens is 258 g/mol. The Labute approximate surface area is 116 Å². The van der Waals surface area contributed by atoms with Gasteiger partial charge in [0.2, 0.25) is 5.91 Å². The number of anilines is 2. The van der Waals surface area contributed by atoms with E-state index < -0.39 is 0 Å². The van der Waals surface area contributed by atoms with E-state index in [1.165, 1.54) is 11.3 Å². The van der Waals surface area contributed by atoms with Gasteiger partial charge in [0.1, 0.15) is 0 Å². The van der Waals surface area contributed by atoms with Crippen LogP contribution in [0.5, 0.6) is 0 Å². The lowest BCUT2D eigenvalue weighted by molar-refractivity contribution is -0.117. The Bertz CT molecular complexity index is 562. The molecule has 0 aliphatic rings. The van der Waals surface area contributed by atoms with E-state index >= 15 is 0 Å². The first-order chi connectivity index (χ1) is 9.10. The minimum absolute atomic E-state index is 0.0571. The van der Waals surface area contributed by atoms with Crippen molar-refractivity contribution in [2.45, 2.75) is 20.3 Å². The van der Waals surface area contributed by atoms with Gasteiger partial charge in [-0.25, -0.2) is 4.98 Å². The fraction of sp³-hybridized carbons (Fsp3) is 0.286. The summed E-state index contributed by atoms with van der Waals surface area (Å²) in [5.74, 6) is 0.0571. The van der Waals surface area contributed by atoms with Crippen LogP contribution in [0.25, 0.3) is 0 Å². The number of hydrogen-bond acceptors (Lipinski definition) is 4. The maximum absolute atomic E-state index is 12.3. The zero-order valence-corrected chi connectivity index (χ0v) is 11.9.